The second kappa shape index (κ2) is 5.92. The van der Waals surface area contributed by atoms with Gasteiger partial charge in [-0.25, -0.2) is 8.42 Å². The zero-order chi connectivity index (χ0) is 17.6. The normalized spacial score (nSPS) is 22.1. The molecule has 0 amide bonds. The monoisotopic (exact) mass is 354 g/mol. The van der Waals surface area contributed by atoms with E-state index in [0.29, 0.717) is 24.0 Å². The third-order valence-electron chi connectivity index (χ3n) is 5.15. The van der Waals surface area contributed by atoms with Crippen LogP contribution in [0.25, 0.3) is 0 Å². The number of hydrogen-bond acceptors (Lipinski definition) is 4. The predicted octanol–water partition coefficient (Wildman–Crippen LogP) is 2.51. The van der Waals surface area contributed by atoms with Crippen molar-refractivity contribution in [2.45, 2.75) is 12.8 Å². The van der Waals surface area contributed by atoms with Crippen molar-refractivity contribution in [1.82, 2.24) is 0 Å². The Kier molecular flexibility index (Phi) is 3.84. The van der Waals surface area contributed by atoms with E-state index in [9.17, 15) is 18.0 Å². The number of carbonyl (C=O) groups is 2. The molecule has 128 valence electrons. The van der Waals surface area contributed by atoms with Crippen LogP contribution in [0.5, 0.6) is 0 Å². The average Bonchev–Trinajstić information content (AvgIpc) is 3.05. The first-order valence-electron chi connectivity index (χ1n) is 8.39. The smallest absolute Gasteiger partial charge is 0.167 e. The lowest BCUT2D eigenvalue weighted by Gasteiger charge is -2.12. The molecule has 2 aromatic carbocycles. The molecule has 2 aromatic rings. The fraction of sp³-hybridized carbons (Fsp3) is 0.300. The van der Waals surface area contributed by atoms with Gasteiger partial charge in [0.1, 0.15) is 0 Å². The van der Waals surface area contributed by atoms with Gasteiger partial charge in [-0.05, 0) is 24.0 Å². The van der Waals surface area contributed by atoms with Crippen LogP contribution in [-0.2, 0) is 22.7 Å². The first-order valence-corrected chi connectivity index (χ1v) is 10.2. The van der Waals surface area contributed by atoms with E-state index in [1.54, 1.807) is 24.3 Å². The van der Waals surface area contributed by atoms with Gasteiger partial charge >= 0.3 is 0 Å². The summed E-state index contributed by atoms with van der Waals surface area (Å²) in [6.45, 7) is 0. The third kappa shape index (κ3) is 2.93. The summed E-state index contributed by atoms with van der Waals surface area (Å²) in [4.78, 5) is 24.8. The van der Waals surface area contributed by atoms with E-state index in [0.717, 1.165) is 11.1 Å². The van der Waals surface area contributed by atoms with Crippen LogP contribution in [0, 0.1) is 11.8 Å². The molecule has 0 spiro atoms. The lowest BCUT2D eigenvalue weighted by Crippen LogP contribution is -2.28. The maximum atomic E-state index is 12.6. The summed E-state index contributed by atoms with van der Waals surface area (Å²) in [6.07, 6.45) is 0.931. The minimum Gasteiger partial charge on any atom is -0.294 e. The molecular formula is C20H18O4S. The number of ketones is 2. The van der Waals surface area contributed by atoms with Crippen molar-refractivity contribution >= 4 is 21.4 Å². The minimum absolute atomic E-state index is 0.0970. The third-order valence-corrected chi connectivity index (χ3v) is 6.97. The van der Waals surface area contributed by atoms with Crippen molar-refractivity contribution in [3.63, 3.8) is 0 Å². The second-order valence-corrected chi connectivity index (χ2v) is 9.08. The topological polar surface area (TPSA) is 68.3 Å². The molecule has 4 rings (SSSR count). The summed E-state index contributed by atoms with van der Waals surface area (Å²) in [5.41, 5.74) is 3.09. The molecule has 5 heteroatoms. The Morgan fingerprint density at radius 3 is 1.52 bits per heavy atom. The number of benzene rings is 2. The van der Waals surface area contributed by atoms with Crippen LogP contribution >= 0.6 is 0 Å². The van der Waals surface area contributed by atoms with Gasteiger partial charge in [0.15, 0.2) is 21.4 Å². The molecule has 0 heterocycles. The fourth-order valence-electron chi connectivity index (χ4n) is 3.98. The van der Waals surface area contributed by atoms with Crippen LogP contribution in [0.1, 0.15) is 31.8 Å². The molecular weight excluding hydrogens is 336 g/mol. The Morgan fingerprint density at radius 2 is 1.12 bits per heavy atom. The Bertz CT molecular complexity index is 901. The highest BCUT2D eigenvalue weighted by Gasteiger charge is 2.37. The van der Waals surface area contributed by atoms with Gasteiger partial charge in [-0.3, -0.25) is 9.59 Å². The van der Waals surface area contributed by atoms with Gasteiger partial charge in [0.25, 0.3) is 0 Å². The SMILES string of the molecule is O=C1c2ccccc2C[C@@H]1CS(=O)(=O)C[C@H]1Cc2ccccc2C1=O. The fourth-order valence-corrected chi connectivity index (χ4v) is 5.88. The molecule has 4 nitrogen and oxygen atoms in total. The summed E-state index contributed by atoms with van der Waals surface area (Å²) in [7, 11) is -3.49. The molecule has 2 atom stereocenters. The summed E-state index contributed by atoms with van der Waals surface area (Å²) in [6, 6.07) is 14.6. The lowest BCUT2D eigenvalue weighted by molar-refractivity contribution is 0.0944. The van der Waals surface area contributed by atoms with Crippen LogP contribution < -0.4 is 0 Å². The highest BCUT2D eigenvalue weighted by atomic mass is 32.2. The van der Waals surface area contributed by atoms with Crippen LogP contribution in [0.3, 0.4) is 0 Å². The summed E-state index contributed by atoms with van der Waals surface area (Å²) in [5, 5.41) is 0. The average molecular weight is 354 g/mol. The molecule has 25 heavy (non-hydrogen) atoms. The molecule has 2 aliphatic carbocycles. The van der Waals surface area contributed by atoms with Crippen LogP contribution in [0.2, 0.25) is 0 Å². The maximum Gasteiger partial charge on any atom is 0.167 e. The molecule has 0 N–H and O–H groups in total. The van der Waals surface area contributed by atoms with Crippen molar-refractivity contribution in [2.75, 3.05) is 11.5 Å². The molecule has 0 aromatic heterocycles. The number of Topliss-reactive ketones (excluding diaryl/α,β-unsaturated/α-hetero) is 2. The highest BCUT2D eigenvalue weighted by molar-refractivity contribution is 7.91. The van der Waals surface area contributed by atoms with Gasteiger partial charge in [-0.1, -0.05) is 48.5 Å². The van der Waals surface area contributed by atoms with Gasteiger partial charge in [0, 0.05) is 23.0 Å². The largest absolute Gasteiger partial charge is 0.294 e. The van der Waals surface area contributed by atoms with Crippen molar-refractivity contribution in [3.8, 4) is 0 Å². The summed E-state index contributed by atoms with van der Waals surface area (Å²) < 4.78 is 25.3. The minimum atomic E-state index is -3.49. The standard InChI is InChI=1S/C20H18O4S/c21-19-15(9-13-5-1-3-7-17(13)19)11-25(23,24)12-16-10-14-6-2-4-8-18(14)20(16)22/h1-8,15-16H,9-12H2/t15-,16-/m1/s1. The Balaban J connectivity index is 1.48. The van der Waals surface area contributed by atoms with Crippen LogP contribution in [0.15, 0.2) is 48.5 Å². The van der Waals surface area contributed by atoms with Gasteiger partial charge < -0.3 is 0 Å². The van der Waals surface area contributed by atoms with E-state index >= 15 is 0 Å². The van der Waals surface area contributed by atoms with E-state index < -0.39 is 21.7 Å². The first kappa shape index (κ1) is 16.2. The highest BCUT2D eigenvalue weighted by Crippen LogP contribution is 2.30. The molecule has 0 unspecified atom stereocenters. The number of fused-ring (bicyclic) bond motifs is 2. The van der Waals surface area contributed by atoms with Crippen LogP contribution in [0.4, 0.5) is 0 Å². The number of sulfone groups is 1. The number of carbonyl (C=O) groups excluding carboxylic acids is 2. The zero-order valence-electron chi connectivity index (χ0n) is 13.6. The van der Waals surface area contributed by atoms with Crippen LogP contribution in [-0.4, -0.2) is 31.5 Å². The van der Waals surface area contributed by atoms with Gasteiger partial charge in [0.05, 0.1) is 11.5 Å². The molecule has 0 bridgehead atoms. The van der Waals surface area contributed by atoms with Crippen molar-refractivity contribution in [3.05, 3.63) is 70.8 Å². The van der Waals surface area contributed by atoms with Crippen molar-refractivity contribution in [2.24, 2.45) is 11.8 Å². The van der Waals surface area contributed by atoms with E-state index in [4.69, 9.17) is 0 Å². The Morgan fingerprint density at radius 1 is 0.720 bits per heavy atom. The van der Waals surface area contributed by atoms with E-state index in [1.165, 1.54) is 0 Å². The van der Waals surface area contributed by atoms with Crippen molar-refractivity contribution in [1.29, 1.82) is 0 Å². The van der Waals surface area contributed by atoms with Gasteiger partial charge in [-0.2, -0.15) is 0 Å². The van der Waals surface area contributed by atoms with Crippen molar-refractivity contribution < 1.29 is 18.0 Å². The molecule has 0 saturated heterocycles. The maximum absolute atomic E-state index is 12.6. The quantitative estimate of drug-likeness (QED) is 0.846. The first-order chi connectivity index (χ1) is 11.9. The molecule has 2 aliphatic rings. The molecule has 0 saturated carbocycles. The predicted molar refractivity (Wildman–Crippen MR) is 94.6 cm³/mol. The van der Waals surface area contributed by atoms with E-state index in [1.807, 2.05) is 24.3 Å². The van der Waals surface area contributed by atoms with E-state index in [2.05, 4.69) is 0 Å². The van der Waals surface area contributed by atoms with Gasteiger partial charge in [0.2, 0.25) is 0 Å². The Hall–Kier alpha value is -2.27. The second-order valence-electron chi connectivity index (χ2n) is 6.92. The number of hydrogen-bond donors (Lipinski definition) is 0. The van der Waals surface area contributed by atoms with Gasteiger partial charge in [-0.15, -0.1) is 0 Å². The Labute approximate surface area is 146 Å². The summed E-state index contributed by atoms with van der Waals surface area (Å²) in [5.74, 6) is -1.61. The molecule has 0 aliphatic heterocycles. The summed E-state index contributed by atoms with van der Waals surface area (Å²) >= 11 is 0. The lowest BCUT2D eigenvalue weighted by atomic mass is 10.1. The number of rotatable bonds is 4. The molecule has 0 fully saturated rings. The molecule has 0 radical (unpaired) electrons. The van der Waals surface area contributed by atoms with E-state index in [-0.39, 0.29) is 23.1 Å². The zero-order valence-corrected chi connectivity index (χ0v) is 14.5.